The van der Waals surface area contributed by atoms with Crippen molar-refractivity contribution in [1.29, 1.82) is 0 Å². The predicted octanol–water partition coefficient (Wildman–Crippen LogP) is 4.10. The third-order valence-electron chi connectivity index (χ3n) is 4.90. The van der Waals surface area contributed by atoms with Gasteiger partial charge in [0.1, 0.15) is 5.75 Å². The molecule has 8 nitrogen and oxygen atoms in total. The summed E-state index contributed by atoms with van der Waals surface area (Å²) in [4.78, 5) is 15.8. The van der Waals surface area contributed by atoms with Crippen LogP contribution in [0.1, 0.15) is 12.6 Å². The molecule has 0 unspecified atom stereocenters. The number of hydrogen-bond donors (Lipinski definition) is 2. The lowest BCUT2D eigenvalue weighted by Crippen LogP contribution is -2.14. The van der Waals surface area contributed by atoms with E-state index < -0.39 is 10.0 Å². The van der Waals surface area contributed by atoms with E-state index in [1.54, 1.807) is 59.4 Å². The van der Waals surface area contributed by atoms with Crippen LogP contribution in [0.3, 0.4) is 0 Å². The lowest BCUT2D eigenvalue weighted by Gasteiger charge is -2.15. The Morgan fingerprint density at radius 3 is 2.50 bits per heavy atom. The molecule has 4 rings (SSSR count). The van der Waals surface area contributed by atoms with Gasteiger partial charge in [-0.3, -0.25) is 9.52 Å². The van der Waals surface area contributed by atoms with Crippen molar-refractivity contribution in [3.05, 3.63) is 72.8 Å². The zero-order valence-corrected chi connectivity index (χ0v) is 18.6. The molecule has 32 heavy (non-hydrogen) atoms. The maximum atomic E-state index is 13.3. The molecule has 0 saturated heterocycles. The first-order chi connectivity index (χ1) is 15.3. The fourth-order valence-electron chi connectivity index (χ4n) is 3.53. The number of carbonyl (C=O) groups is 1. The number of anilines is 2. The zero-order valence-electron chi connectivity index (χ0n) is 17.8. The predicted molar refractivity (Wildman–Crippen MR) is 124 cm³/mol. The second kappa shape index (κ2) is 8.35. The van der Waals surface area contributed by atoms with Crippen molar-refractivity contribution in [2.24, 2.45) is 0 Å². The Kier molecular flexibility index (Phi) is 5.58. The molecule has 1 heterocycles. The highest BCUT2D eigenvalue weighted by atomic mass is 32.2. The number of sulfonamides is 1. The lowest BCUT2D eigenvalue weighted by molar-refractivity contribution is -0.114. The first kappa shape index (κ1) is 21.4. The number of aryl methyl sites for hydroxylation is 1. The molecular formula is C23H22N4O4S. The van der Waals surface area contributed by atoms with Gasteiger partial charge < -0.3 is 14.6 Å². The average Bonchev–Trinajstić information content (AvgIpc) is 3.19. The second-order valence-corrected chi connectivity index (χ2v) is 8.90. The van der Waals surface area contributed by atoms with Gasteiger partial charge in [-0.25, -0.2) is 13.4 Å². The summed E-state index contributed by atoms with van der Waals surface area (Å²) >= 11 is 0. The quantitative estimate of drug-likeness (QED) is 0.460. The van der Waals surface area contributed by atoms with Crippen LogP contribution in [-0.2, 0) is 14.8 Å². The number of fused-ring (bicyclic) bond motifs is 1. The number of methoxy groups -OCH3 is 1. The summed E-state index contributed by atoms with van der Waals surface area (Å²) in [5.74, 6) is 0.262. The summed E-state index contributed by atoms with van der Waals surface area (Å²) in [5, 5.41) is 3.87. The van der Waals surface area contributed by atoms with Crippen LogP contribution >= 0.6 is 0 Å². The Morgan fingerprint density at radius 2 is 1.81 bits per heavy atom. The van der Waals surface area contributed by atoms with Crippen LogP contribution in [0.5, 0.6) is 5.75 Å². The fraction of sp³-hybridized carbons (Fsp3) is 0.130. The van der Waals surface area contributed by atoms with E-state index >= 15 is 0 Å². The molecule has 0 spiro atoms. The van der Waals surface area contributed by atoms with Crippen molar-refractivity contribution >= 4 is 38.1 Å². The van der Waals surface area contributed by atoms with Crippen molar-refractivity contribution in [1.82, 2.24) is 9.55 Å². The molecule has 164 valence electrons. The molecular weight excluding hydrogens is 428 g/mol. The number of rotatable bonds is 6. The highest BCUT2D eigenvalue weighted by Gasteiger charge is 2.19. The number of nitrogens with one attached hydrogen (secondary N) is 2. The van der Waals surface area contributed by atoms with Gasteiger partial charge in [0.25, 0.3) is 10.0 Å². The molecule has 0 atom stereocenters. The Hall–Kier alpha value is -3.85. The number of nitrogens with zero attached hydrogens (tertiary/aromatic N) is 2. The summed E-state index contributed by atoms with van der Waals surface area (Å²) in [5.41, 5.74) is 2.50. The first-order valence-corrected chi connectivity index (χ1v) is 11.3. The molecule has 3 aromatic carbocycles. The topological polar surface area (TPSA) is 102 Å². The van der Waals surface area contributed by atoms with Gasteiger partial charge in [-0.05, 0) is 31.2 Å². The van der Waals surface area contributed by atoms with Crippen molar-refractivity contribution in [3.63, 3.8) is 0 Å². The number of aromatic nitrogens is 2. The highest BCUT2D eigenvalue weighted by Crippen LogP contribution is 2.32. The van der Waals surface area contributed by atoms with E-state index in [4.69, 9.17) is 4.74 Å². The molecule has 0 aliphatic rings. The van der Waals surface area contributed by atoms with E-state index in [1.165, 1.54) is 20.1 Å². The molecule has 2 N–H and O–H groups in total. The Morgan fingerprint density at radius 1 is 1.06 bits per heavy atom. The normalized spacial score (nSPS) is 11.3. The van der Waals surface area contributed by atoms with Gasteiger partial charge in [0.05, 0.1) is 35.4 Å². The summed E-state index contributed by atoms with van der Waals surface area (Å²) in [6, 6.07) is 15.1. The van der Waals surface area contributed by atoms with Gasteiger partial charge in [0, 0.05) is 35.6 Å². The summed E-state index contributed by atoms with van der Waals surface area (Å²) in [7, 11) is -2.40. The smallest absolute Gasteiger partial charge is 0.262 e. The number of ether oxygens (including phenoxy) is 1. The van der Waals surface area contributed by atoms with Crippen LogP contribution in [0.2, 0.25) is 0 Å². The molecule has 4 aromatic rings. The number of carbonyl (C=O) groups excluding carboxylic acids is 1. The summed E-state index contributed by atoms with van der Waals surface area (Å²) in [6.45, 7) is 3.29. The molecule has 0 bridgehead atoms. The molecule has 0 aliphatic carbocycles. The van der Waals surface area contributed by atoms with Crippen LogP contribution in [0, 0.1) is 6.92 Å². The van der Waals surface area contributed by atoms with E-state index in [0.29, 0.717) is 27.9 Å². The molecule has 0 radical (unpaired) electrons. The van der Waals surface area contributed by atoms with Gasteiger partial charge in [-0.15, -0.1) is 0 Å². The number of benzene rings is 3. The summed E-state index contributed by atoms with van der Waals surface area (Å²) in [6.07, 6.45) is 3.52. The molecule has 0 saturated carbocycles. The number of amides is 1. The van der Waals surface area contributed by atoms with Crippen molar-refractivity contribution in [2.75, 3.05) is 17.1 Å². The highest BCUT2D eigenvalue weighted by molar-refractivity contribution is 7.93. The molecule has 1 aromatic heterocycles. The largest absolute Gasteiger partial charge is 0.494 e. The minimum atomic E-state index is -3.92. The monoisotopic (exact) mass is 450 g/mol. The van der Waals surface area contributed by atoms with E-state index in [0.717, 1.165) is 11.4 Å². The van der Waals surface area contributed by atoms with Gasteiger partial charge >= 0.3 is 0 Å². The minimum absolute atomic E-state index is 0.107. The SMILES string of the molecule is COc1cc(NS(=O)(=O)c2cccc3c(NC(C)=O)cccc23)ccc1-n1cnc(C)c1. The van der Waals surface area contributed by atoms with Gasteiger partial charge in [-0.2, -0.15) is 0 Å². The second-order valence-electron chi connectivity index (χ2n) is 7.25. The van der Waals surface area contributed by atoms with Gasteiger partial charge in [0.2, 0.25) is 5.91 Å². The van der Waals surface area contributed by atoms with E-state index in [-0.39, 0.29) is 10.8 Å². The van der Waals surface area contributed by atoms with Gasteiger partial charge in [-0.1, -0.05) is 24.3 Å². The maximum Gasteiger partial charge on any atom is 0.262 e. The Bertz CT molecular complexity index is 1430. The summed E-state index contributed by atoms with van der Waals surface area (Å²) < 4.78 is 36.4. The Balaban J connectivity index is 1.72. The zero-order chi connectivity index (χ0) is 22.9. The number of hydrogen-bond acceptors (Lipinski definition) is 5. The van der Waals surface area contributed by atoms with E-state index in [9.17, 15) is 13.2 Å². The van der Waals surface area contributed by atoms with Crippen molar-refractivity contribution in [2.45, 2.75) is 18.7 Å². The molecule has 0 aliphatic heterocycles. The van der Waals surface area contributed by atoms with E-state index in [1.807, 2.05) is 13.1 Å². The average molecular weight is 451 g/mol. The third kappa shape index (κ3) is 4.15. The number of imidazole rings is 1. The van der Waals surface area contributed by atoms with Crippen LogP contribution in [-0.4, -0.2) is 31.0 Å². The van der Waals surface area contributed by atoms with Crippen LogP contribution in [0.25, 0.3) is 16.5 Å². The lowest BCUT2D eigenvalue weighted by atomic mass is 10.1. The maximum absolute atomic E-state index is 13.3. The van der Waals surface area contributed by atoms with Crippen molar-refractivity contribution in [3.8, 4) is 11.4 Å². The van der Waals surface area contributed by atoms with Crippen LogP contribution in [0.4, 0.5) is 11.4 Å². The van der Waals surface area contributed by atoms with Gasteiger partial charge in [0.15, 0.2) is 0 Å². The van der Waals surface area contributed by atoms with Crippen molar-refractivity contribution < 1.29 is 17.9 Å². The van der Waals surface area contributed by atoms with Crippen LogP contribution in [0.15, 0.2) is 72.0 Å². The minimum Gasteiger partial charge on any atom is -0.494 e. The van der Waals surface area contributed by atoms with E-state index in [2.05, 4.69) is 15.0 Å². The van der Waals surface area contributed by atoms with Crippen LogP contribution < -0.4 is 14.8 Å². The standard InChI is InChI=1S/C23H22N4O4S/c1-15-13-27(14-24-15)21-11-10-17(12-22(21)31-3)26-32(29,30)23-9-5-6-18-19(23)7-4-8-20(18)25-16(2)28/h4-14,26H,1-3H3,(H,25,28). The molecule has 1 amide bonds. The Labute approximate surface area is 185 Å². The first-order valence-electron chi connectivity index (χ1n) is 9.79. The molecule has 9 heteroatoms. The molecule has 0 fully saturated rings. The third-order valence-corrected chi connectivity index (χ3v) is 6.34. The fourth-order valence-corrected chi connectivity index (χ4v) is 4.80.